The number of allylic oxidation sites excluding steroid dienone is 6. The lowest BCUT2D eigenvalue weighted by Gasteiger charge is -2.04. The molecule has 0 spiro atoms. The summed E-state index contributed by atoms with van der Waals surface area (Å²) >= 11 is 6.93. The van der Waals surface area contributed by atoms with Crippen LogP contribution in [-0.4, -0.2) is 10.3 Å². The van der Waals surface area contributed by atoms with Crippen molar-refractivity contribution in [3.05, 3.63) is 59.0 Å². The number of hydrogen-bond acceptors (Lipinski definition) is 1. The summed E-state index contributed by atoms with van der Waals surface area (Å²) < 4.78 is 0. The molecular formula is C16H19Br2N. The predicted octanol–water partition coefficient (Wildman–Crippen LogP) is 5.67. The molecule has 0 N–H and O–H groups in total. The molecule has 0 fully saturated rings. The number of nitrogens with zero attached hydrogens (tertiary/aromatic N) is 1. The molecule has 1 aromatic heterocycles. The van der Waals surface area contributed by atoms with Crippen molar-refractivity contribution in [2.45, 2.75) is 26.1 Å². The lowest BCUT2D eigenvalue weighted by Crippen LogP contribution is -1.88. The molecule has 0 saturated carbocycles. The van der Waals surface area contributed by atoms with Gasteiger partial charge in [-0.05, 0) is 43.5 Å². The van der Waals surface area contributed by atoms with E-state index in [1.54, 1.807) is 0 Å². The maximum absolute atomic E-state index is 4.41. The van der Waals surface area contributed by atoms with E-state index >= 15 is 0 Å². The normalized spacial score (nSPS) is 11.9. The van der Waals surface area contributed by atoms with Crippen molar-refractivity contribution in [1.82, 2.24) is 4.98 Å². The Bertz CT molecular complexity index is 492. The van der Waals surface area contributed by atoms with Gasteiger partial charge in [0.05, 0.1) is 5.69 Å². The zero-order chi connectivity index (χ0) is 14.3. The molecule has 0 bridgehead atoms. The number of alkyl halides is 2. The molecule has 0 aliphatic rings. The maximum atomic E-state index is 4.41. The van der Waals surface area contributed by atoms with Crippen molar-refractivity contribution in [1.29, 1.82) is 0 Å². The third-order valence-electron chi connectivity index (χ3n) is 2.86. The molecule has 0 aliphatic carbocycles. The van der Waals surface area contributed by atoms with Crippen LogP contribution >= 0.6 is 31.9 Å². The van der Waals surface area contributed by atoms with Crippen LogP contribution in [0.15, 0.2) is 47.7 Å². The number of halogens is 2. The molecule has 1 nitrogen and oxygen atoms in total. The summed E-state index contributed by atoms with van der Waals surface area (Å²) in [5.41, 5.74) is 6.02. The molecule has 19 heavy (non-hydrogen) atoms. The van der Waals surface area contributed by atoms with E-state index in [9.17, 15) is 0 Å². The van der Waals surface area contributed by atoms with E-state index in [4.69, 9.17) is 0 Å². The Labute approximate surface area is 132 Å². The summed E-state index contributed by atoms with van der Waals surface area (Å²) in [5.74, 6) is 0. The van der Waals surface area contributed by atoms with Crippen LogP contribution in [0.4, 0.5) is 0 Å². The van der Waals surface area contributed by atoms with Gasteiger partial charge in [0.25, 0.3) is 0 Å². The number of pyridine rings is 1. The molecule has 1 heterocycles. The van der Waals surface area contributed by atoms with Gasteiger partial charge < -0.3 is 0 Å². The summed E-state index contributed by atoms with van der Waals surface area (Å²) in [5, 5.41) is 1.67. The highest BCUT2D eigenvalue weighted by molar-refractivity contribution is 9.09. The molecule has 0 saturated heterocycles. The Morgan fingerprint density at radius 2 is 1.95 bits per heavy atom. The highest BCUT2D eigenvalue weighted by atomic mass is 79.9. The third kappa shape index (κ3) is 5.07. The fraction of sp³-hybridized carbons (Fsp3) is 0.312. The first kappa shape index (κ1) is 16.4. The summed E-state index contributed by atoms with van der Waals surface area (Å²) in [6.07, 6.45) is 8.34. The van der Waals surface area contributed by atoms with Gasteiger partial charge in [-0.25, -0.2) is 0 Å². The topological polar surface area (TPSA) is 12.9 Å². The van der Waals surface area contributed by atoms with E-state index in [0.717, 1.165) is 21.9 Å². The zero-order valence-electron chi connectivity index (χ0n) is 11.6. The van der Waals surface area contributed by atoms with Gasteiger partial charge in [-0.15, -0.1) is 0 Å². The molecule has 0 radical (unpaired) electrons. The smallest absolute Gasteiger partial charge is 0.0509 e. The highest BCUT2D eigenvalue weighted by Crippen LogP contribution is 2.18. The van der Waals surface area contributed by atoms with Crippen LogP contribution in [0, 0.1) is 0 Å². The van der Waals surface area contributed by atoms with Gasteiger partial charge in [-0.2, -0.15) is 0 Å². The van der Waals surface area contributed by atoms with E-state index in [1.165, 1.54) is 16.7 Å². The summed E-state index contributed by atoms with van der Waals surface area (Å²) in [7, 11) is 0. The second-order valence-corrected chi connectivity index (χ2v) is 5.53. The van der Waals surface area contributed by atoms with Crippen LogP contribution < -0.4 is 0 Å². The Hall–Kier alpha value is -0.670. The Morgan fingerprint density at radius 3 is 2.37 bits per heavy atom. The third-order valence-corrected chi connectivity index (χ3v) is 4.03. The van der Waals surface area contributed by atoms with Crippen LogP contribution in [-0.2, 0) is 5.33 Å². The predicted molar refractivity (Wildman–Crippen MR) is 91.8 cm³/mol. The number of rotatable bonds is 5. The highest BCUT2D eigenvalue weighted by Gasteiger charge is 1.99. The maximum Gasteiger partial charge on any atom is 0.0509 e. The van der Waals surface area contributed by atoms with E-state index in [2.05, 4.69) is 75.0 Å². The van der Waals surface area contributed by atoms with E-state index in [-0.39, 0.29) is 0 Å². The molecule has 3 heteroatoms. The Morgan fingerprint density at radius 1 is 1.21 bits per heavy atom. The molecule has 0 atom stereocenters. The number of hydrogen-bond donors (Lipinski definition) is 0. The van der Waals surface area contributed by atoms with Gasteiger partial charge in [0.15, 0.2) is 0 Å². The SMILES string of the molecule is C/C=C(\C=C/C(CBr)=C(C)C)c1ccc(CBr)nc1. The summed E-state index contributed by atoms with van der Waals surface area (Å²) in [6, 6.07) is 4.16. The summed E-state index contributed by atoms with van der Waals surface area (Å²) in [4.78, 5) is 4.41. The van der Waals surface area contributed by atoms with Crippen molar-refractivity contribution < 1.29 is 0 Å². The summed E-state index contributed by atoms with van der Waals surface area (Å²) in [6.45, 7) is 6.31. The molecule has 0 aromatic carbocycles. The van der Waals surface area contributed by atoms with Crippen LogP contribution in [0.25, 0.3) is 5.57 Å². The second kappa shape index (κ2) is 8.49. The molecule has 0 amide bonds. The van der Waals surface area contributed by atoms with Crippen molar-refractivity contribution in [2.24, 2.45) is 0 Å². The first-order chi connectivity index (χ1) is 9.12. The molecule has 1 rings (SSSR count). The van der Waals surface area contributed by atoms with Crippen molar-refractivity contribution in [3.63, 3.8) is 0 Å². The van der Waals surface area contributed by atoms with E-state index in [1.807, 2.05) is 19.2 Å². The first-order valence-corrected chi connectivity index (χ1v) is 8.44. The minimum atomic E-state index is 0.791. The van der Waals surface area contributed by atoms with Gasteiger partial charge in [0, 0.05) is 16.9 Å². The quantitative estimate of drug-likeness (QED) is 0.470. The van der Waals surface area contributed by atoms with Crippen molar-refractivity contribution in [2.75, 3.05) is 5.33 Å². The largest absolute Gasteiger partial charge is 0.260 e. The van der Waals surface area contributed by atoms with Gasteiger partial charge in [0.2, 0.25) is 0 Å². The van der Waals surface area contributed by atoms with Gasteiger partial charge in [0.1, 0.15) is 0 Å². The van der Waals surface area contributed by atoms with Gasteiger partial charge >= 0.3 is 0 Å². The van der Waals surface area contributed by atoms with Crippen molar-refractivity contribution >= 4 is 37.4 Å². The van der Waals surface area contributed by atoms with E-state index < -0.39 is 0 Å². The standard InChI is InChI=1S/C16H19Br2N/c1-4-13(5-6-14(9-17)12(2)3)15-7-8-16(10-18)19-11-15/h4-8,11H,9-10H2,1-3H3/b6-5-,13-4+. The van der Waals surface area contributed by atoms with Crippen LogP contribution in [0.5, 0.6) is 0 Å². The lowest BCUT2D eigenvalue weighted by molar-refractivity contribution is 1.18. The van der Waals surface area contributed by atoms with E-state index in [0.29, 0.717) is 0 Å². The number of aromatic nitrogens is 1. The minimum Gasteiger partial charge on any atom is -0.260 e. The lowest BCUT2D eigenvalue weighted by atomic mass is 10.0. The van der Waals surface area contributed by atoms with Crippen LogP contribution in [0.1, 0.15) is 32.0 Å². The van der Waals surface area contributed by atoms with Crippen LogP contribution in [0.3, 0.4) is 0 Å². The monoisotopic (exact) mass is 383 g/mol. The second-order valence-electron chi connectivity index (χ2n) is 4.41. The van der Waals surface area contributed by atoms with Crippen molar-refractivity contribution in [3.8, 4) is 0 Å². The molecular weight excluding hydrogens is 366 g/mol. The van der Waals surface area contributed by atoms with Crippen LogP contribution in [0.2, 0.25) is 0 Å². The molecule has 102 valence electrons. The fourth-order valence-electron chi connectivity index (χ4n) is 1.57. The first-order valence-electron chi connectivity index (χ1n) is 6.20. The average Bonchev–Trinajstić information content (AvgIpc) is 2.43. The molecule has 0 aliphatic heterocycles. The molecule has 0 unspecified atom stereocenters. The Kier molecular flexibility index (Phi) is 7.32. The fourth-order valence-corrected chi connectivity index (χ4v) is 2.65. The van der Waals surface area contributed by atoms with Gasteiger partial charge in [-0.3, -0.25) is 4.98 Å². The zero-order valence-corrected chi connectivity index (χ0v) is 14.8. The average molecular weight is 385 g/mol. The Balaban J connectivity index is 2.96. The molecule has 1 aromatic rings. The minimum absolute atomic E-state index is 0.791. The van der Waals surface area contributed by atoms with Gasteiger partial charge in [-0.1, -0.05) is 61.7 Å².